The average molecular weight is 221 g/mol. The molecule has 1 aliphatic rings. The summed E-state index contributed by atoms with van der Waals surface area (Å²) >= 11 is 0. The van der Waals surface area contributed by atoms with Crippen LogP contribution in [-0.4, -0.2) is 13.6 Å². The summed E-state index contributed by atoms with van der Waals surface area (Å²) in [5.41, 5.74) is 5.29. The molecular weight excluding hydrogens is 206 g/mol. The molecule has 0 radical (unpaired) electrons. The Kier molecular flexibility index (Phi) is 2.45. The standard InChI is InChI=1S/C16H15N/c1-17-12-11-14(13-7-3-2-4-8-13)15-9-5-6-10-16(15)17/h2-11H,12H2,1H3. The Bertz CT molecular complexity index is 555. The average Bonchev–Trinajstić information content (AvgIpc) is 2.41. The van der Waals surface area contributed by atoms with Crippen molar-refractivity contribution in [2.24, 2.45) is 0 Å². The van der Waals surface area contributed by atoms with Crippen LogP contribution in [0.5, 0.6) is 0 Å². The summed E-state index contributed by atoms with van der Waals surface area (Å²) in [5, 5.41) is 0. The van der Waals surface area contributed by atoms with Gasteiger partial charge in [-0.1, -0.05) is 54.6 Å². The largest absolute Gasteiger partial charge is 0.370 e. The fraction of sp³-hybridized carbons (Fsp3) is 0.125. The number of likely N-dealkylation sites (N-methyl/N-ethyl adjacent to an activating group) is 1. The van der Waals surface area contributed by atoms with Crippen LogP contribution in [0.2, 0.25) is 0 Å². The molecule has 3 rings (SSSR count). The zero-order valence-corrected chi connectivity index (χ0v) is 9.93. The predicted molar refractivity (Wildman–Crippen MR) is 73.2 cm³/mol. The molecule has 0 aromatic heterocycles. The molecule has 1 aliphatic heterocycles. The molecule has 0 atom stereocenters. The van der Waals surface area contributed by atoms with Gasteiger partial charge in [-0.15, -0.1) is 0 Å². The molecule has 1 nitrogen and oxygen atoms in total. The van der Waals surface area contributed by atoms with Gasteiger partial charge in [-0.25, -0.2) is 0 Å². The molecule has 17 heavy (non-hydrogen) atoms. The van der Waals surface area contributed by atoms with Crippen LogP contribution in [0.4, 0.5) is 5.69 Å². The summed E-state index contributed by atoms with van der Waals surface area (Å²) in [6.07, 6.45) is 2.30. The number of hydrogen-bond donors (Lipinski definition) is 0. The third kappa shape index (κ3) is 1.74. The topological polar surface area (TPSA) is 3.24 Å². The van der Waals surface area contributed by atoms with Crippen molar-refractivity contribution in [3.8, 4) is 0 Å². The van der Waals surface area contributed by atoms with Gasteiger partial charge in [0.2, 0.25) is 0 Å². The highest BCUT2D eigenvalue weighted by Crippen LogP contribution is 2.34. The van der Waals surface area contributed by atoms with Gasteiger partial charge in [-0.2, -0.15) is 0 Å². The van der Waals surface area contributed by atoms with Crippen LogP contribution in [0.15, 0.2) is 60.7 Å². The number of anilines is 1. The minimum Gasteiger partial charge on any atom is -0.370 e. The number of hydrogen-bond acceptors (Lipinski definition) is 1. The van der Waals surface area contributed by atoms with E-state index in [-0.39, 0.29) is 0 Å². The van der Waals surface area contributed by atoms with E-state index in [1.165, 1.54) is 22.4 Å². The van der Waals surface area contributed by atoms with Gasteiger partial charge in [-0.3, -0.25) is 0 Å². The van der Waals surface area contributed by atoms with Crippen LogP contribution < -0.4 is 4.90 Å². The molecule has 0 saturated carbocycles. The molecule has 1 heteroatoms. The van der Waals surface area contributed by atoms with Gasteiger partial charge in [0.05, 0.1) is 0 Å². The lowest BCUT2D eigenvalue weighted by atomic mass is 9.93. The van der Waals surface area contributed by atoms with Crippen molar-refractivity contribution in [1.82, 2.24) is 0 Å². The molecule has 1 heterocycles. The summed E-state index contributed by atoms with van der Waals surface area (Å²) in [6, 6.07) is 19.2. The maximum atomic E-state index is 2.30. The molecule has 2 aromatic carbocycles. The van der Waals surface area contributed by atoms with E-state index in [2.05, 4.69) is 72.6 Å². The van der Waals surface area contributed by atoms with Gasteiger partial charge in [-0.05, 0) is 17.2 Å². The molecule has 0 N–H and O–H groups in total. The van der Waals surface area contributed by atoms with Gasteiger partial charge in [0.25, 0.3) is 0 Å². The van der Waals surface area contributed by atoms with Gasteiger partial charge >= 0.3 is 0 Å². The summed E-state index contributed by atoms with van der Waals surface area (Å²) in [6.45, 7) is 0.973. The number of nitrogens with zero attached hydrogens (tertiary/aromatic N) is 1. The zero-order chi connectivity index (χ0) is 11.7. The Morgan fingerprint density at radius 1 is 0.882 bits per heavy atom. The molecule has 0 bridgehead atoms. The molecular formula is C16H15N. The number of fused-ring (bicyclic) bond motifs is 1. The SMILES string of the molecule is CN1CC=C(c2ccccc2)c2ccccc21. The van der Waals surface area contributed by atoms with Crippen LogP contribution in [-0.2, 0) is 0 Å². The summed E-state index contributed by atoms with van der Waals surface area (Å²) in [7, 11) is 2.14. The van der Waals surface area contributed by atoms with Crippen LogP contribution >= 0.6 is 0 Å². The second-order valence-corrected chi connectivity index (χ2v) is 4.38. The van der Waals surface area contributed by atoms with Crippen molar-refractivity contribution >= 4 is 11.3 Å². The van der Waals surface area contributed by atoms with Crippen LogP contribution in [0.25, 0.3) is 5.57 Å². The molecule has 0 fully saturated rings. The fourth-order valence-electron chi connectivity index (χ4n) is 2.36. The lowest BCUT2D eigenvalue weighted by Gasteiger charge is -2.27. The number of benzene rings is 2. The van der Waals surface area contributed by atoms with Crippen LogP contribution in [0, 0.1) is 0 Å². The van der Waals surface area contributed by atoms with E-state index in [9.17, 15) is 0 Å². The highest BCUT2D eigenvalue weighted by Gasteiger charge is 2.16. The zero-order valence-electron chi connectivity index (χ0n) is 9.93. The van der Waals surface area contributed by atoms with E-state index in [0.29, 0.717) is 0 Å². The Morgan fingerprint density at radius 3 is 2.41 bits per heavy atom. The van der Waals surface area contributed by atoms with E-state index in [4.69, 9.17) is 0 Å². The highest BCUT2D eigenvalue weighted by atomic mass is 15.1. The lowest BCUT2D eigenvalue weighted by molar-refractivity contribution is 1.01. The minimum absolute atomic E-state index is 0.973. The first-order valence-corrected chi connectivity index (χ1v) is 5.92. The van der Waals surface area contributed by atoms with Crippen molar-refractivity contribution < 1.29 is 0 Å². The first-order valence-electron chi connectivity index (χ1n) is 5.92. The molecule has 84 valence electrons. The Labute approximate surface area is 102 Å². The van der Waals surface area contributed by atoms with E-state index in [0.717, 1.165) is 6.54 Å². The third-order valence-electron chi connectivity index (χ3n) is 3.26. The normalized spacial score (nSPS) is 14.2. The Morgan fingerprint density at radius 2 is 1.59 bits per heavy atom. The number of rotatable bonds is 1. The molecule has 0 unspecified atom stereocenters. The van der Waals surface area contributed by atoms with E-state index < -0.39 is 0 Å². The first kappa shape index (κ1) is 10.2. The second-order valence-electron chi connectivity index (χ2n) is 4.38. The molecule has 2 aromatic rings. The molecule has 0 spiro atoms. The molecule has 0 saturated heterocycles. The van der Waals surface area contributed by atoms with Gasteiger partial charge < -0.3 is 4.90 Å². The van der Waals surface area contributed by atoms with Crippen molar-refractivity contribution in [1.29, 1.82) is 0 Å². The maximum Gasteiger partial charge on any atom is 0.0446 e. The third-order valence-corrected chi connectivity index (χ3v) is 3.26. The number of para-hydroxylation sites is 1. The van der Waals surface area contributed by atoms with Crippen molar-refractivity contribution in [2.75, 3.05) is 18.5 Å². The fourth-order valence-corrected chi connectivity index (χ4v) is 2.36. The monoisotopic (exact) mass is 221 g/mol. The smallest absolute Gasteiger partial charge is 0.0446 e. The van der Waals surface area contributed by atoms with Crippen LogP contribution in [0.3, 0.4) is 0 Å². The highest BCUT2D eigenvalue weighted by molar-refractivity contribution is 5.88. The van der Waals surface area contributed by atoms with Crippen molar-refractivity contribution in [3.05, 3.63) is 71.8 Å². The predicted octanol–water partition coefficient (Wildman–Crippen LogP) is 3.57. The second kappa shape index (κ2) is 4.10. The van der Waals surface area contributed by atoms with Crippen LogP contribution in [0.1, 0.15) is 11.1 Å². The summed E-state index contributed by atoms with van der Waals surface area (Å²) in [4.78, 5) is 2.28. The van der Waals surface area contributed by atoms with Crippen molar-refractivity contribution in [2.45, 2.75) is 0 Å². The van der Waals surface area contributed by atoms with Gasteiger partial charge in [0.15, 0.2) is 0 Å². The first-order chi connectivity index (χ1) is 8.36. The lowest BCUT2D eigenvalue weighted by Crippen LogP contribution is -2.21. The maximum absolute atomic E-state index is 2.30. The quantitative estimate of drug-likeness (QED) is 0.711. The summed E-state index contributed by atoms with van der Waals surface area (Å²) in [5.74, 6) is 0. The van der Waals surface area contributed by atoms with Gasteiger partial charge in [0, 0.05) is 24.8 Å². The minimum atomic E-state index is 0.973. The molecule has 0 aliphatic carbocycles. The Balaban J connectivity index is 2.14. The van der Waals surface area contributed by atoms with E-state index in [1.54, 1.807) is 0 Å². The van der Waals surface area contributed by atoms with E-state index in [1.807, 2.05) is 0 Å². The molecule has 0 amide bonds. The van der Waals surface area contributed by atoms with Crippen molar-refractivity contribution in [3.63, 3.8) is 0 Å². The summed E-state index contributed by atoms with van der Waals surface area (Å²) < 4.78 is 0. The van der Waals surface area contributed by atoms with Gasteiger partial charge in [0.1, 0.15) is 0 Å². The van der Waals surface area contributed by atoms with E-state index >= 15 is 0 Å². The Hall–Kier alpha value is -2.02.